The van der Waals surface area contributed by atoms with Gasteiger partial charge in [-0.3, -0.25) is 4.79 Å². The number of methoxy groups -OCH3 is 1. The molecule has 0 fully saturated rings. The number of nitrogens with two attached hydrogens (primary N) is 1. The Hall–Kier alpha value is -2.63. The largest absolute Gasteiger partial charge is 0.660 e. The molecule has 1 radical (unpaired) electrons. The number of anilines is 1. The minimum absolute atomic E-state index is 0.156. The van der Waals surface area contributed by atoms with Crippen molar-refractivity contribution in [3.63, 3.8) is 0 Å². The van der Waals surface area contributed by atoms with Crippen LogP contribution < -0.4 is 15.1 Å². The van der Waals surface area contributed by atoms with E-state index in [9.17, 15) is 4.79 Å². The summed E-state index contributed by atoms with van der Waals surface area (Å²) in [6.45, 7) is 0. The highest BCUT2D eigenvalue weighted by atomic mass is 16.6. The fourth-order valence-corrected chi connectivity index (χ4v) is 1.63. The summed E-state index contributed by atoms with van der Waals surface area (Å²) >= 11 is 0. The standard InChI is InChI=1S/C15H15BNO4/c1-19-13-6-8-14(9-7-13)20-16-21-15(18)10-11-2-4-12(17)5-3-11/h2-9H,10,17H2,1H3. The van der Waals surface area contributed by atoms with Crippen LogP contribution in [0.25, 0.3) is 0 Å². The third kappa shape index (κ3) is 4.76. The molecule has 0 aliphatic rings. The lowest BCUT2D eigenvalue weighted by Crippen LogP contribution is -2.16. The monoisotopic (exact) mass is 284 g/mol. The van der Waals surface area contributed by atoms with Crippen LogP contribution in [0, 0.1) is 0 Å². The van der Waals surface area contributed by atoms with Crippen LogP contribution >= 0.6 is 0 Å². The second kappa shape index (κ2) is 7.24. The minimum Gasteiger partial charge on any atom is -0.526 e. The Morgan fingerprint density at radius 2 is 1.67 bits per heavy atom. The van der Waals surface area contributed by atoms with Gasteiger partial charge < -0.3 is 19.8 Å². The van der Waals surface area contributed by atoms with Crippen LogP contribution in [-0.4, -0.2) is 20.8 Å². The van der Waals surface area contributed by atoms with Crippen molar-refractivity contribution in [2.75, 3.05) is 12.8 Å². The highest BCUT2D eigenvalue weighted by Gasteiger charge is 2.08. The third-order valence-electron chi connectivity index (χ3n) is 2.75. The molecule has 0 saturated heterocycles. The zero-order chi connectivity index (χ0) is 15.1. The van der Waals surface area contributed by atoms with Crippen LogP contribution in [-0.2, 0) is 15.9 Å². The zero-order valence-electron chi connectivity index (χ0n) is 11.6. The molecule has 107 valence electrons. The molecule has 0 aliphatic carbocycles. The molecule has 0 bridgehead atoms. The molecule has 0 heterocycles. The maximum Gasteiger partial charge on any atom is 0.660 e. The molecule has 2 N–H and O–H groups in total. The highest BCUT2D eigenvalue weighted by Crippen LogP contribution is 2.16. The SMILES string of the molecule is COc1ccc(O[B]OC(=O)Cc2ccc(N)cc2)cc1. The lowest BCUT2D eigenvalue weighted by atomic mass is 10.1. The second-order valence-electron chi connectivity index (χ2n) is 4.30. The number of rotatable bonds is 6. The van der Waals surface area contributed by atoms with Gasteiger partial charge in [-0.25, -0.2) is 0 Å². The van der Waals surface area contributed by atoms with E-state index >= 15 is 0 Å². The average molecular weight is 284 g/mol. The van der Waals surface area contributed by atoms with Gasteiger partial charge in [-0.05, 0) is 42.0 Å². The number of carbonyl (C=O) groups is 1. The molecule has 0 aliphatic heterocycles. The number of benzene rings is 2. The van der Waals surface area contributed by atoms with Crippen LogP contribution in [0.4, 0.5) is 5.69 Å². The fourth-order valence-electron chi connectivity index (χ4n) is 1.63. The van der Waals surface area contributed by atoms with Crippen LogP contribution in [0.15, 0.2) is 48.5 Å². The quantitative estimate of drug-likeness (QED) is 0.648. The lowest BCUT2D eigenvalue weighted by molar-refractivity contribution is -0.134. The highest BCUT2D eigenvalue weighted by molar-refractivity contribution is 6.23. The van der Waals surface area contributed by atoms with Crippen LogP contribution in [0.2, 0.25) is 0 Å². The van der Waals surface area contributed by atoms with Crippen LogP contribution in [0.3, 0.4) is 0 Å². The maximum absolute atomic E-state index is 11.6. The Balaban J connectivity index is 1.74. The minimum atomic E-state index is -0.409. The Morgan fingerprint density at radius 1 is 1.05 bits per heavy atom. The molecule has 6 heteroatoms. The predicted octanol–water partition coefficient (Wildman–Crippen LogP) is 1.98. The molecule has 0 spiro atoms. The predicted molar refractivity (Wildman–Crippen MR) is 80.0 cm³/mol. The van der Waals surface area contributed by atoms with E-state index in [-0.39, 0.29) is 6.42 Å². The van der Waals surface area contributed by atoms with E-state index in [4.69, 9.17) is 19.8 Å². The molecular formula is C15H15BNO4. The number of hydrogen-bond donors (Lipinski definition) is 1. The first-order valence-corrected chi connectivity index (χ1v) is 6.33. The fraction of sp³-hybridized carbons (Fsp3) is 0.133. The van der Waals surface area contributed by atoms with Crippen molar-refractivity contribution in [3.05, 3.63) is 54.1 Å². The van der Waals surface area contributed by atoms with E-state index in [0.29, 0.717) is 11.4 Å². The van der Waals surface area contributed by atoms with Gasteiger partial charge in [-0.15, -0.1) is 0 Å². The van der Waals surface area contributed by atoms with Gasteiger partial charge in [0.1, 0.15) is 11.5 Å². The second-order valence-corrected chi connectivity index (χ2v) is 4.30. The van der Waals surface area contributed by atoms with E-state index in [1.54, 1.807) is 55.6 Å². The van der Waals surface area contributed by atoms with E-state index in [1.165, 1.54) is 0 Å². The molecule has 0 unspecified atom stereocenters. The molecule has 0 aromatic heterocycles. The smallest absolute Gasteiger partial charge is 0.526 e. The number of nitrogen functional groups attached to an aromatic ring is 1. The average Bonchev–Trinajstić information content (AvgIpc) is 2.50. The van der Waals surface area contributed by atoms with Crippen molar-refractivity contribution in [2.45, 2.75) is 6.42 Å². The van der Waals surface area contributed by atoms with Gasteiger partial charge in [0.25, 0.3) is 5.97 Å². The molecule has 2 aromatic rings. The van der Waals surface area contributed by atoms with Gasteiger partial charge in [0.05, 0.1) is 13.5 Å². The van der Waals surface area contributed by atoms with Gasteiger partial charge in [0.2, 0.25) is 0 Å². The summed E-state index contributed by atoms with van der Waals surface area (Å²) in [6.07, 6.45) is 0.156. The van der Waals surface area contributed by atoms with Gasteiger partial charge >= 0.3 is 7.69 Å². The number of ether oxygens (including phenoxy) is 1. The summed E-state index contributed by atoms with van der Waals surface area (Å²) < 4.78 is 15.1. The Morgan fingerprint density at radius 3 is 2.29 bits per heavy atom. The summed E-state index contributed by atoms with van der Waals surface area (Å²) in [4.78, 5) is 11.6. The molecule has 2 rings (SSSR count). The number of hydrogen-bond acceptors (Lipinski definition) is 5. The molecule has 0 atom stereocenters. The van der Waals surface area contributed by atoms with Crippen molar-refractivity contribution >= 4 is 19.3 Å². The Kier molecular flexibility index (Phi) is 5.09. The Bertz CT molecular complexity index is 584. The van der Waals surface area contributed by atoms with E-state index in [1.807, 2.05) is 0 Å². The third-order valence-corrected chi connectivity index (χ3v) is 2.75. The zero-order valence-corrected chi connectivity index (χ0v) is 11.6. The van der Waals surface area contributed by atoms with E-state index in [0.717, 1.165) is 19.0 Å². The first kappa shape index (κ1) is 14.8. The maximum atomic E-state index is 11.6. The van der Waals surface area contributed by atoms with Crippen molar-refractivity contribution in [1.82, 2.24) is 0 Å². The molecular weight excluding hydrogens is 269 g/mol. The summed E-state index contributed by atoms with van der Waals surface area (Å²) in [6, 6.07) is 14.0. The van der Waals surface area contributed by atoms with Crippen molar-refractivity contribution in [1.29, 1.82) is 0 Å². The van der Waals surface area contributed by atoms with Crippen molar-refractivity contribution < 1.29 is 18.8 Å². The van der Waals surface area contributed by atoms with Gasteiger partial charge in [-0.2, -0.15) is 0 Å². The summed E-state index contributed by atoms with van der Waals surface area (Å²) in [7, 11) is 2.60. The molecule has 0 saturated carbocycles. The van der Waals surface area contributed by atoms with Gasteiger partial charge in [0.15, 0.2) is 0 Å². The molecule has 21 heavy (non-hydrogen) atoms. The van der Waals surface area contributed by atoms with Gasteiger partial charge in [0, 0.05) is 5.69 Å². The number of carbonyl (C=O) groups excluding carboxylic acids is 1. The molecule has 2 aromatic carbocycles. The van der Waals surface area contributed by atoms with Crippen LogP contribution in [0.1, 0.15) is 5.56 Å². The normalized spacial score (nSPS) is 9.76. The lowest BCUT2D eigenvalue weighted by Gasteiger charge is -2.06. The first-order valence-electron chi connectivity index (χ1n) is 6.33. The van der Waals surface area contributed by atoms with E-state index in [2.05, 4.69) is 0 Å². The summed E-state index contributed by atoms with van der Waals surface area (Å²) in [5, 5.41) is 0. The molecule has 0 amide bonds. The summed E-state index contributed by atoms with van der Waals surface area (Å²) in [5.74, 6) is 0.868. The van der Waals surface area contributed by atoms with Crippen LogP contribution in [0.5, 0.6) is 11.5 Å². The Labute approximate surface area is 123 Å². The van der Waals surface area contributed by atoms with Crippen molar-refractivity contribution in [2.24, 2.45) is 0 Å². The summed E-state index contributed by atoms with van der Waals surface area (Å²) in [5.41, 5.74) is 7.05. The van der Waals surface area contributed by atoms with Gasteiger partial charge in [-0.1, -0.05) is 12.1 Å². The van der Waals surface area contributed by atoms with E-state index < -0.39 is 5.97 Å². The van der Waals surface area contributed by atoms with Crippen molar-refractivity contribution in [3.8, 4) is 11.5 Å². The topological polar surface area (TPSA) is 70.8 Å². The molecule has 5 nitrogen and oxygen atoms in total. The first-order chi connectivity index (χ1) is 10.2.